The molecule has 0 atom stereocenters. The first-order valence-corrected chi connectivity index (χ1v) is 8.86. The van der Waals surface area contributed by atoms with Gasteiger partial charge in [-0.25, -0.2) is 9.78 Å². The molecular weight excluding hydrogens is 346 g/mol. The number of hydrazone groups is 1. The topological polar surface area (TPSA) is 101 Å². The van der Waals surface area contributed by atoms with Gasteiger partial charge in [-0.3, -0.25) is 10.2 Å². The fourth-order valence-electron chi connectivity index (χ4n) is 2.32. The van der Waals surface area contributed by atoms with Crippen molar-refractivity contribution in [2.75, 3.05) is 12.0 Å². The number of rotatable bonds is 11. The third kappa shape index (κ3) is 6.54. The van der Waals surface area contributed by atoms with Gasteiger partial charge in [0.2, 0.25) is 5.78 Å². The molecule has 142 valence electrons. The van der Waals surface area contributed by atoms with E-state index in [-0.39, 0.29) is 11.3 Å². The van der Waals surface area contributed by atoms with Crippen LogP contribution in [0.4, 0.5) is 5.82 Å². The van der Waals surface area contributed by atoms with E-state index in [1.807, 2.05) is 6.07 Å². The molecule has 1 aromatic heterocycles. The summed E-state index contributed by atoms with van der Waals surface area (Å²) in [6.07, 6.45) is 6.74. The lowest BCUT2D eigenvalue weighted by atomic mass is 10.1. The van der Waals surface area contributed by atoms with Crippen LogP contribution >= 0.6 is 0 Å². The summed E-state index contributed by atoms with van der Waals surface area (Å²) in [5, 5.41) is 12.7. The normalized spacial score (nSPS) is 10.7. The van der Waals surface area contributed by atoms with Gasteiger partial charge in [-0.05, 0) is 30.7 Å². The smallest absolute Gasteiger partial charge is 0.337 e. The Labute approximate surface area is 158 Å². The Morgan fingerprint density at radius 3 is 2.70 bits per heavy atom. The van der Waals surface area contributed by atoms with E-state index in [4.69, 9.17) is 9.84 Å². The predicted octanol–water partition coefficient (Wildman–Crippen LogP) is 4.02. The quantitative estimate of drug-likeness (QED) is 0.268. The summed E-state index contributed by atoms with van der Waals surface area (Å²) in [7, 11) is 0. The van der Waals surface area contributed by atoms with E-state index in [2.05, 4.69) is 22.4 Å². The number of hydrogen-bond donors (Lipinski definition) is 2. The molecular formula is C20H23N3O4. The minimum Gasteiger partial charge on any atom is -0.493 e. The Kier molecular flexibility index (Phi) is 7.96. The lowest BCUT2D eigenvalue weighted by molar-refractivity contribution is 0.0696. The minimum atomic E-state index is -1.06. The number of aromatic carboxylic acids is 1. The fourth-order valence-corrected chi connectivity index (χ4v) is 2.32. The number of para-hydroxylation sites is 1. The van der Waals surface area contributed by atoms with Gasteiger partial charge in [-0.15, -0.1) is 0 Å². The summed E-state index contributed by atoms with van der Waals surface area (Å²) in [5.74, 6) is -0.480. The van der Waals surface area contributed by atoms with Gasteiger partial charge in [0.15, 0.2) is 0 Å². The van der Waals surface area contributed by atoms with Crippen LogP contribution in [0.5, 0.6) is 5.75 Å². The summed E-state index contributed by atoms with van der Waals surface area (Å²) in [4.78, 5) is 27.1. The Bertz CT molecular complexity index is 788. The number of pyridine rings is 1. The molecule has 1 aromatic carbocycles. The molecule has 2 rings (SSSR count). The molecule has 0 aliphatic heterocycles. The number of unbranched alkanes of at least 4 members (excludes halogenated alkanes) is 3. The minimum absolute atomic E-state index is 0.0746. The number of carbonyl (C=O) groups is 2. The van der Waals surface area contributed by atoms with Crippen LogP contribution in [0.2, 0.25) is 0 Å². The van der Waals surface area contributed by atoms with Crippen molar-refractivity contribution < 1.29 is 19.4 Å². The van der Waals surface area contributed by atoms with Gasteiger partial charge in [0.25, 0.3) is 0 Å². The molecule has 0 aliphatic carbocycles. The third-order valence-corrected chi connectivity index (χ3v) is 3.78. The van der Waals surface area contributed by atoms with E-state index in [0.717, 1.165) is 25.5 Å². The summed E-state index contributed by atoms with van der Waals surface area (Å²) in [6, 6.07) is 9.91. The second-order valence-corrected chi connectivity index (χ2v) is 5.88. The van der Waals surface area contributed by atoms with Crippen molar-refractivity contribution in [1.29, 1.82) is 0 Å². The molecule has 27 heavy (non-hydrogen) atoms. The number of anilines is 1. The van der Waals surface area contributed by atoms with Gasteiger partial charge in [-0.1, -0.05) is 38.3 Å². The molecule has 7 nitrogen and oxygen atoms in total. The zero-order chi connectivity index (χ0) is 19.5. The van der Waals surface area contributed by atoms with Crippen LogP contribution in [0.15, 0.2) is 47.7 Å². The summed E-state index contributed by atoms with van der Waals surface area (Å²) >= 11 is 0. The Balaban J connectivity index is 1.92. The number of hydrogen-bond acceptors (Lipinski definition) is 6. The van der Waals surface area contributed by atoms with Crippen LogP contribution in [0.25, 0.3) is 0 Å². The Hall–Kier alpha value is -3.22. The standard InChI is InChI=1S/C20H23N3O4/c1-2-3-4-7-12-27-18-9-6-5-8-16(18)17(24)14-22-23-19-11-10-15(13-21-19)20(25)26/h5-6,8-11,13-14H,2-4,7,12H2,1H3,(H,21,23)(H,25,26)/b22-14+. The van der Waals surface area contributed by atoms with E-state index in [1.54, 1.807) is 18.2 Å². The highest BCUT2D eigenvalue weighted by molar-refractivity contribution is 6.36. The molecule has 0 saturated carbocycles. The molecule has 0 fully saturated rings. The Morgan fingerprint density at radius 1 is 1.19 bits per heavy atom. The molecule has 0 aliphatic rings. The first-order chi connectivity index (χ1) is 13.1. The summed E-state index contributed by atoms with van der Waals surface area (Å²) in [5.41, 5.74) is 3.11. The van der Waals surface area contributed by atoms with Crippen LogP contribution in [0.1, 0.15) is 53.3 Å². The highest BCUT2D eigenvalue weighted by Crippen LogP contribution is 2.18. The predicted molar refractivity (Wildman–Crippen MR) is 104 cm³/mol. The molecule has 0 unspecified atom stereocenters. The van der Waals surface area contributed by atoms with E-state index in [0.29, 0.717) is 23.7 Å². The number of aromatic nitrogens is 1. The van der Waals surface area contributed by atoms with Crippen LogP contribution < -0.4 is 10.2 Å². The maximum Gasteiger partial charge on any atom is 0.337 e. The number of carboxylic acid groups (broad SMARTS) is 1. The van der Waals surface area contributed by atoms with Gasteiger partial charge in [-0.2, -0.15) is 5.10 Å². The van der Waals surface area contributed by atoms with Gasteiger partial charge in [0.05, 0.1) is 23.9 Å². The van der Waals surface area contributed by atoms with Crippen LogP contribution in [0.3, 0.4) is 0 Å². The number of carboxylic acids is 1. The van der Waals surface area contributed by atoms with Gasteiger partial charge in [0, 0.05) is 6.20 Å². The zero-order valence-electron chi connectivity index (χ0n) is 15.2. The van der Waals surface area contributed by atoms with E-state index < -0.39 is 5.97 Å². The molecule has 0 radical (unpaired) electrons. The fraction of sp³-hybridized carbons (Fsp3) is 0.300. The van der Waals surface area contributed by atoms with Gasteiger partial charge < -0.3 is 9.84 Å². The van der Waals surface area contributed by atoms with E-state index in [9.17, 15) is 9.59 Å². The second-order valence-electron chi connectivity index (χ2n) is 5.88. The number of nitrogens with zero attached hydrogens (tertiary/aromatic N) is 2. The lowest BCUT2D eigenvalue weighted by Crippen LogP contribution is -2.07. The highest BCUT2D eigenvalue weighted by Gasteiger charge is 2.10. The number of ketones is 1. The van der Waals surface area contributed by atoms with Crippen molar-refractivity contribution in [2.45, 2.75) is 32.6 Å². The molecule has 2 N–H and O–H groups in total. The van der Waals surface area contributed by atoms with Crippen molar-refractivity contribution in [3.8, 4) is 5.75 Å². The summed E-state index contributed by atoms with van der Waals surface area (Å²) in [6.45, 7) is 2.72. The third-order valence-electron chi connectivity index (χ3n) is 3.78. The molecule has 1 heterocycles. The van der Waals surface area contributed by atoms with Gasteiger partial charge >= 0.3 is 5.97 Å². The van der Waals surface area contributed by atoms with Crippen molar-refractivity contribution in [3.63, 3.8) is 0 Å². The first-order valence-electron chi connectivity index (χ1n) is 8.86. The van der Waals surface area contributed by atoms with Crippen LogP contribution in [-0.4, -0.2) is 34.7 Å². The zero-order valence-corrected chi connectivity index (χ0v) is 15.2. The molecule has 7 heteroatoms. The SMILES string of the molecule is CCCCCCOc1ccccc1C(=O)/C=N/Nc1ccc(C(=O)O)cn1. The maximum absolute atomic E-state index is 12.4. The average molecular weight is 369 g/mol. The molecule has 0 bridgehead atoms. The number of ether oxygens (including phenoxy) is 1. The van der Waals surface area contributed by atoms with E-state index >= 15 is 0 Å². The second kappa shape index (κ2) is 10.7. The average Bonchev–Trinajstić information content (AvgIpc) is 2.68. The Morgan fingerprint density at radius 2 is 2.00 bits per heavy atom. The highest BCUT2D eigenvalue weighted by atomic mass is 16.5. The first kappa shape index (κ1) is 20.1. The van der Waals surface area contributed by atoms with Crippen molar-refractivity contribution in [2.24, 2.45) is 5.10 Å². The van der Waals surface area contributed by atoms with E-state index in [1.165, 1.54) is 24.8 Å². The number of benzene rings is 1. The molecule has 2 aromatic rings. The molecule has 0 saturated heterocycles. The molecule has 0 amide bonds. The lowest BCUT2D eigenvalue weighted by Gasteiger charge is -2.09. The largest absolute Gasteiger partial charge is 0.493 e. The number of nitrogens with one attached hydrogen (secondary N) is 1. The summed E-state index contributed by atoms with van der Waals surface area (Å²) < 4.78 is 5.73. The number of carbonyl (C=O) groups excluding carboxylic acids is 1. The van der Waals surface area contributed by atoms with Crippen molar-refractivity contribution >= 4 is 23.8 Å². The number of Topliss-reactive ketones (excluding diaryl/α,β-unsaturated/α-hetero) is 1. The van der Waals surface area contributed by atoms with Crippen LogP contribution in [0, 0.1) is 0 Å². The monoisotopic (exact) mass is 369 g/mol. The maximum atomic E-state index is 12.4. The van der Waals surface area contributed by atoms with Crippen LogP contribution in [-0.2, 0) is 0 Å². The van der Waals surface area contributed by atoms with Gasteiger partial charge in [0.1, 0.15) is 11.6 Å². The van der Waals surface area contributed by atoms with Crippen molar-refractivity contribution in [3.05, 3.63) is 53.7 Å². The molecule has 0 spiro atoms. The van der Waals surface area contributed by atoms with Crippen molar-refractivity contribution in [1.82, 2.24) is 4.98 Å².